The second-order valence-corrected chi connectivity index (χ2v) is 10.3. The molecular weight excluding hydrogens is 424 g/mol. The number of carbonyl (C=O) groups excluding carboxylic acids is 2. The van der Waals surface area contributed by atoms with Crippen molar-refractivity contribution in [2.75, 3.05) is 50.1 Å². The number of fused-ring (bicyclic) bond motifs is 2. The quantitative estimate of drug-likeness (QED) is 0.685. The van der Waals surface area contributed by atoms with E-state index in [4.69, 9.17) is 0 Å². The van der Waals surface area contributed by atoms with Gasteiger partial charge in [0, 0.05) is 62.5 Å². The van der Waals surface area contributed by atoms with E-state index >= 15 is 0 Å². The van der Waals surface area contributed by atoms with Crippen LogP contribution in [0.4, 0.5) is 11.4 Å². The van der Waals surface area contributed by atoms with Crippen LogP contribution in [0.15, 0.2) is 48.5 Å². The second-order valence-electron chi connectivity index (χ2n) is 10.3. The highest BCUT2D eigenvalue weighted by atomic mass is 16.2. The van der Waals surface area contributed by atoms with Gasteiger partial charge in [-0.2, -0.15) is 0 Å². The minimum Gasteiger partial charge on any atom is -0.311 e. The summed E-state index contributed by atoms with van der Waals surface area (Å²) in [7, 11) is 4.22. The molecule has 2 amide bonds. The normalized spacial score (nSPS) is 24.1. The van der Waals surface area contributed by atoms with Gasteiger partial charge in [0.15, 0.2) is 0 Å². The van der Waals surface area contributed by atoms with E-state index in [1.807, 2.05) is 34.1 Å². The number of anilines is 2. The van der Waals surface area contributed by atoms with Crippen molar-refractivity contribution in [1.29, 1.82) is 0 Å². The van der Waals surface area contributed by atoms with E-state index < -0.39 is 0 Å². The van der Waals surface area contributed by atoms with Crippen LogP contribution in [0, 0.1) is 11.8 Å². The summed E-state index contributed by atoms with van der Waals surface area (Å²) in [6, 6.07) is 16.5. The van der Waals surface area contributed by atoms with Gasteiger partial charge in [0.2, 0.25) is 11.8 Å². The van der Waals surface area contributed by atoms with Gasteiger partial charge in [0.25, 0.3) is 0 Å². The molecule has 5 rings (SSSR count). The molecule has 0 N–H and O–H groups in total. The third-order valence-corrected chi connectivity index (χ3v) is 7.76. The van der Waals surface area contributed by atoms with Crippen LogP contribution < -0.4 is 9.80 Å². The fourth-order valence-corrected chi connectivity index (χ4v) is 5.87. The fraction of sp³-hybridized carbons (Fsp3) is 0.500. The summed E-state index contributed by atoms with van der Waals surface area (Å²) in [5, 5.41) is 0. The van der Waals surface area contributed by atoms with Crippen LogP contribution in [-0.2, 0) is 22.7 Å². The highest BCUT2D eigenvalue weighted by Gasteiger charge is 2.37. The highest BCUT2D eigenvalue weighted by Crippen LogP contribution is 2.36. The molecule has 1 saturated carbocycles. The summed E-state index contributed by atoms with van der Waals surface area (Å²) in [6.45, 7) is 4.82. The number of amides is 2. The van der Waals surface area contributed by atoms with Crippen LogP contribution >= 0.6 is 0 Å². The van der Waals surface area contributed by atoms with Crippen molar-refractivity contribution >= 4 is 23.2 Å². The van der Waals surface area contributed by atoms with Crippen molar-refractivity contribution in [3.63, 3.8) is 0 Å². The number of carbonyl (C=O) groups is 2. The number of likely N-dealkylation sites (N-methyl/N-ethyl adjacent to an activating group) is 2. The Morgan fingerprint density at radius 3 is 1.59 bits per heavy atom. The first-order chi connectivity index (χ1) is 16.5. The number of nitrogens with zero attached hydrogens (tertiary/aromatic N) is 4. The Kier molecular flexibility index (Phi) is 6.70. The Morgan fingerprint density at radius 2 is 1.12 bits per heavy atom. The summed E-state index contributed by atoms with van der Waals surface area (Å²) >= 11 is 0. The van der Waals surface area contributed by atoms with Gasteiger partial charge in [-0.3, -0.25) is 9.59 Å². The van der Waals surface area contributed by atoms with Crippen molar-refractivity contribution in [3.8, 4) is 0 Å². The molecule has 34 heavy (non-hydrogen) atoms. The largest absolute Gasteiger partial charge is 0.311 e. The summed E-state index contributed by atoms with van der Waals surface area (Å²) < 4.78 is 0. The Morgan fingerprint density at radius 1 is 0.676 bits per heavy atom. The molecule has 1 fully saturated rings. The van der Waals surface area contributed by atoms with Gasteiger partial charge >= 0.3 is 0 Å². The van der Waals surface area contributed by atoms with Crippen molar-refractivity contribution in [3.05, 3.63) is 59.7 Å². The molecule has 0 saturated heterocycles. The van der Waals surface area contributed by atoms with Crippen LogP contribution in [0.5, 0.6) is 0 Å². The molecule has 2 unspecified atom stereocenters. The minimum absolute atomic E-state index is 0.0935. The Bertz CT molecular complexity index is 973. The van der Waals surface area contributed by atoms with Crippen LogP contribution in [0.25, 0.3) is 0 Å². The maximum absolute atomic E-state index is 13.8. The number of para-hydroxylation sites is 2. The minimum atomic E-state index is -0.0935. The average Bonchev–Trinajstić information content (AvgIpc) is 3.13. The van der Waals surface area contributed by atoms with Gasteiger partial charge < -0.3 is 19.6 Å². The van der Waals surface area contributed by atoms with E-state index in [9.17, 15) is 9.59 Å². The van der Waals surface area contributed by atoms with Crippen molar-refractivity contribution in [2.24, 2.45) is 11.8 Å². The number of hydrogen-bond acceptors (Lipinski definition) is 4. The fourth-order valence-electron chi connectivity index (χ4n) is 5.87. The smallest absolute Gasteiger partial charge is 0.230 e. The highest BCUT2D eigenvalue weighted by molar-refractivity contribution is 5.98. The maximum atomic E-state index is 13.8. The molecule has 2 atom stereocenters. The van der Waals surface area contributed by atoms with Crippen LogP contribution in [0.1, 0.15) is 36.8 Å². The number of benzene rings is 2. The van der Waals surface area contributed by atoms with Gasteiger partial charge in [0.1, 0.15) is 0 Å². The lowest BCUT2D eigenvalue weighted by molar-refractivity contribution is -0.127. The molecule has 0 radical (unpaired) electrons. The molecule has 180 valence electrons. The number of rotatable bonds is 2. The first-order valence-electron chi connectivity index (χ1n) is 12.7. The molecular formula is C28H36N4O2. The van der Waals surface area contributed by atoms with Gasteiger partial charge in [-0.25, -0.2) is 0 Å². The lowest BCUT2D eigenvalue weighted by atomic mass is 9.79. The van der Waals surface area contributed by atoms with Gasteiger partial charge in [-0.05, 0) is 56.6 Å². The molecule has 1 aliphatic carbocycles. The predicted molar refractivity (Wildman–Crippen MR) is 136 cm³/mol. The van der Waals surface area contributed by atoms with E-state index in [1.54, 1.807) is 0 Å². The van der Waals surface area contributed by atoms with E-state index in [2.05, 4.69) is 48.2 Å². The first-order valence-corrected chi connectivity index (χ1v) is 12.7. The second kappa shape index (κ2) is 9.88. The lowest BCUT2D eigenvalue weighted by Gasteiger charge is -2.34. The van der Waals surface area contributed by atoms with Crippen LogP contribution in [0.2, 0.25) is 0 Å². The Hall–Kier alpha value is -2.70. The topological polar surface area (TPSA) is 47.1 Å². The molecule has 2 heterocycles. The molecule has 6 heteroatoms. The van der Waals surface area contributed by atoms with E-state index in [-0.39, 0.29) is 23.7 Å². The van der Waals surface area contributed by atoms with Crippen molar-refractivity contribution < 1.29 is 9.59 Å². The average molecular weight is 461 g/mol. The lowest BCUT2D eigenvalue weighted by Crippen LogP contribution is -2.44. The first kappa shape index (κ1) is 23.1. The summed E-state index contributed by atoms with van der Waals surface area (Å²) in [4.78, 5) is 36.1. The molecule has 2 aromatic rings. The van der Waals surface area contributed by atoms with E-state index in [0.29, 0.717) is 19.5 Å². The van der Waals surface area contributed by atoms with Gasteiger partial charge in [-0.15, -0.1) is 0 Å². The zero-order chi connectivity index (χ0) is 23.7. The summed E-state index contributed by atoms with van der Waals surface area (Å²) in [6.07, 6.45) is 3.32. The third kappa shape index (κ3) is 4.62. The van der Waals surface area contributed by atoms with Crippen molar-refractivity contribution in [2.45, 2.75) is 38.8 Å². The Labute approximate surface area is 203 Å². The molecule has 6 nitrogen and oxygen atoms in total. The monoisotopic (exact) mass is 460 g/mol. The zero-order valence-corrected chi connectivity index (χ0v) is 20.4. The molecule has 2 aromatic carbocycles. The van der Waals surface area contributed by atoms with E-state index in [1.165, 1.54) is 11.1 Å². The Balaban J connectivity index is 1.34. The van der Waals surface area contributed by atoms with Gasteiger partial charge in [-0.1, -0.05) is 42.8 Å². The summed E-state index contributed by atoms with van der Waals surface area (Å²) in [5.74, 6) is 0.195. The van der Waals surface area contributed by atoms with Crippen LogP contribution in [0.3, 0.4) is 0 Å². The molecule has 3 aliphatic rings. The van der Waals surface area contributed by atoms with Gasteiger partial charge in [0.05, 0.1) is 0 Å². The van der Waals surface area contributed by atoms with Crippen LogP contribution in [-0.4, -0.2) is 61.9 Å². The van der Waals surface area contributed by atoms with Crippen molar-refractivity contribution in [1.82, 2.24) is 9.80 Å². The molecule has 0 aromatic heterocycles. The predicted octanol–water partition coefficient (Wildman–Crippen LogP) is 3.75. The zero-order valence-electron chi connectivity index (χ0n) is 20.4. The number of hydrogen-bond donors (Lipinski definition) is 0. The van der Waals surface area contributed by atoms with E-state index in [0.717, 1.165) is 56.8 Å². The molecule has 2 aliphatic heterocycles. The molecule has 0 bridgehead atoms. The SMILES string of the molecule is CN1CCN(C(=O)C2CCCC(C(=O)N3CCN(C)Cc4ccccc43)C2)c2ccccc2C1. The summed E-state index contributed by atoms with van der Waals surface area (Å²) in [5.41, 5.74) is 4.47. The third-order valence-electron chi connectivity index (χ3n) is 7.76. The molecule has 0 spiro atoms. The maximum Gasteiger partial charge on any atom is 0.230 e. The standard InChI is InChI=1S/C28H36N4O2/c1-29-14-16-31(25-12-5-3-8-23(25)19-29)27(33)21-10-7-11-22(18-21)28(34)32-17-15-30(2)20-24-9-4-6-13-26(24)32/h3-6,8-9,12-13,21-22H,7,10-11,14-20H2,1-2H3.